The molecule has 0 saturated carbocycles. The lowest BCUT2D eigenvalue weighted by atomic mass is 10.1. The summed E-state index contributed by atoms with van der Waals surface area (Å²) in [5, 5.41) is 7.15. The first-order valence-electron chi connectivity index (χ1n) is 6.86. The summed E-state index contributed by atoms with van der Waals surface area (Å²) in [6.07, 6.45) is 0. The van der Waals surface area contributed by atoms with E-state index in [1.54, 1.807) is 28.7 Å². The summed E-state index contributed by atoms with van der Waals surface area (Å²) in [4.78, 5) is 1.17. The molecule has 4 aromatic rings. The highest BCUT2D eigenvalue weighted by atomic mass is 35.5. The Morgan fingerprint density at radius 2 is 1.88 bits per heavy atom. The van der Waals surface area contributed by atoms with Crippen molar-refractivity contribution < 1.29 is 8.78 Å². The zero-order valence-electron chi connectivity index (χ0n) is 11.9. The van der Waals surface area contributed by atoms with Crippen LogP contribution in [0.2, 0.25) is 5.02 Å². The normalized spacial score (nSPS) is 11.3. The molecule has 1 N–H and O–H groups in total. The summed E-state index contributed by atoms with van der Waals surface area (Å²) in [6.45, 7) is 0. The van der Waals surface area contributed by atoms with E-state index in [2.05, 4.69) is 10.2 Å². The molecule has 0 unspecified atom stereocenters. The molecule has 0 saturated heterocycles. The number of H-pyrrole nitrogens is 1. The number of rotatable bonds is 2. The Hall–Kier alpha value is -2.09. The van der Waals surface area contributed by atoms with E-state index in [1.807, 2.05) is 0 Å². The van der Waals surface area contributed by atoms with Crippen LogP contribution in [-0.4, -0.2) is 14.6 Å². The Balaban J connectivity index is 2.12. The molecule has 0 bridgehead atoms. The van der Waals surface area contributed by atoms with Crippen LogP contribution in [0.1, 0.15) is 0 Å². The third-order valence-electron chi connectivity index (χ3n) is 3.58. The van der Waals surface area contributed by atoms with Crippen LogP contribution >= 0.6 is 35.2 Å². The average molecular weight is 380 g/mol. The van der Waals surface area contributed by atoms with Crippen molar-refractivity contribution in [2.75, 3.05) is 0 Å². The highest BCUT2D eigenvalue weighted by molar-refractivity contribution is 7.71. The lowest BCUT2D eigenvalue weighted by Crippen LogP contribution is -1.91. The van der Waals surface area contributed by atoms with Crippen molar-refractivity contribution in [2.45, 2.75) is 0 Å². The molecule has 0 aliphatic heterocycles. The van der Waals surface area contributed by atoms with Gasteiger partial charge in [-0.3, -0.25) is 9.50 Å². The number of nitrogens with one attached hydrogen (secondary N) is 1. The van der Waals surface area contributed by atoms with Crippen LogP contribution < -0.4 is 0 Å². The number of nitrogens with zero attached hydrogens (tertiary/aromatic N) is 2. The molecule has 3 nitrogen and oxygen atoms in total. The first-order chi connectivity index (χ1) is 11.6. The Bertz CT molecular complexity index is 1090. The average Bonchev–Trinajstić information content (AvgIpc) is 3.09. The second-order valence-corrected chi connectivity index (χ2v) is 6.80. The van der Waals surface area contributed by atoms with Gasteiger partial charge in [0.15, 0.2) is 0 Å². The summed E-state index contributed by atoms with van der Waals surface area (Å²) in [7, 11) is 0. The standard InChI is InChI=1S/C16H8ClF2N3S2/c17-10-2-1-3-11(19)12(10)14-13(8-4-6-9(18)7-5-8)22-15(23)20-21-16(22)24-14/h1-7H,(H,20,23). The predicted octanol–water partition coefficient (Wildman–Crippen LogP) is 5.72. The number of aromatic nitrogens is 3. The highest BCUT2D eigenvalue weighted by Gasteiger charge is 2.22. The number of thiazole rings is 1. The molecule has 2 aromatic heterocycles. The van der Waals surface area contributed by atoms with Crippen LogP contribution in [0.3, 0.4) is 0 Å². The summed E-state index contributed by atoms with van der Waals surface area (Å²) in [5.74, 6) is -0.795. The molecule has 8 heteroatoms. The maximum Gasteiger partial charge on any atom is 0.215 e. The Morgan fingerprint density at radius 1 is 1.12 bits per heavy atom. The van der Waals surface area contributed by atoms with E-state index < -0.39 is 5.82 Å². The van der Waals surface area contributed by atoms with Gasteiger partial charge < -0.3 is 0 Å². The maximum absolute atomic E-state index is 14.4. The van der Waals surface area contributed by atoms with Crippen LogP contribution in [0.5, 0.6) is 0 Å². The second kappa shape index (κ2) is 5.77. The molecule has 24 heavy (non-hydrogen) atoms. The van der Waals surface area contributed by atoms with Gasteiger partial charge in [-0.2, -0.15) is 0 Å². The minimum Gasteiger partial charge on any atom is -0.258 e. The van der Waals surface area contributed by atoms with Gasteiger partial charge in [0.25, 0.3) is 0 Å². The topological polar surface area (TPSA) is 33.1 Å². The molecule has 0 radical (unpaired) electrons. The number of hydrogen-bond donors (Lipinski definition) is 1. The summed E-state index contributed by atoms with van der Waals surface area (Å²) in [6, 6.07) is 10.4. The maximum atomic E-state index is 14.4. The fourth-order valence-corrected chi connectivity index (χ4v) is 4.30. The number of benzene rings is 2. The number of fused-ring (bicyclic) bond motifs is 1. The smallest absolute Gasteiger partial charge is 0.215 e. The number of hydrogen-bond acceptors (Lipinski definition) is 3. The molecule has 0 amide bonds. The van der Waals surface area contributed by atoms with Crippen LogP contribution in [0.25, 0.3) is 26.7 Å². The van der Waals surface area contributed by atoms with Gasteiger partial charge in [-0.1, -0.05) is 29.0 Å². The second-order valence-electron chi connectivity index (χ2n) is 5.03. The van der Waals surface area contributed by atoms with Gasteiger partial charge in [0, 0.05) is 11.1 Å². The van der Waals surface area contributed by atoms with E-state index in [0.717, 1.165) is 0 Å². The van der Waals surface area contributed by atoms with Gasteiger partial charge in [0.05, 0.1) is 15.6 Å². The predicted molar refractivity (Wildman–Crippen MR) is 94.1 cm³/mol. The minimum absolute atomic E-state index is 0.281. The third-order valence-corrected chi connectivity index (χ3v) is 5.23. The summed E-state index contributed by atoms with van der Waals surface area (Å²) < 4.78 is 29.8. The number of halogens is 3. The molecule has 0 aliphatic rings. The molecule has 4 rings (SSSR count). The van der Waals surface area contributed by atoms with Crippen LogP contribution in [0.15, 0.2) is 42.5 Å². The zero-order chi connectivity index (χ0) is 16.8. The Labute approximate surface area is 149 Å². The molecular formula is C16H8ClF2N3S2. The van der Waals surface area contributed by atoms with Crippen LogP contribution in [-0.2, 0) is 0 Å². The Morgan fingerprint density at radius 3 is 2.58 bits per heavy atom. The minimum atomic E-state index is -0.440. The molecular weight excluding hydrogens is 372 g/mol. The molecule has 2 heterocycles. The van der Waals surface area contributed by atoms with Gasteiger partial charge >= 0.3 is 0 Å². The lowest BCUT2D eigenvalue weighted by molar-refractivity contribution is 0.628. The van der Waals surface area contributed by atoms with Crippen LogP contribution in [0, 0.1) is 16.4 Å². The Kier molecular flexibility index (Phi) is 3.71. The first kappa shape index (κ1) is 15.4. The largest absolute Gasteiger partial charge is 0.258 e. The van der Waals surface area contributed by atoms with Crippen molar-refractivity contribution in [2.24, 2.45) is 0 Å². The van der Waals surface area contributed by atoms with E-state index in [-0.39, 0.29) is 16.4 Å². The van der Waals surface area contributed by atoms with Gasteiger partial charge in [0.2, 0.25) is 9.73 Å². The van der Waals surface area contributed by atoms with Crippen molar-refractivity contribution in [1.29, 1.82) is 0 Å². The van der Waals surface area contributed by atoms with Crippen molar-refractivity contribution in [3.05, 3.63) is 63.9 Å². The SMILES string of the molecule is Fc1ccc(-c2c(-c3c(F)cccc3Cl)sc3n[nH]c(=S)n23)cc1. The van der Waals surface area contributed by atoms with E-state index >= 15 is 0 Å². The van der Waals surface area contributed by atoms with Gasteiger partial charge in [-0.05, 0) is 48.6 Å². The third kappa shape index (κ3) is 2.36. The van der Waals surface area contributed by atoms with E-state index in [9.17, 15) is 8.78 Å². The molecule has 120 valence electrons. The fourth-order valence-electron chi connectivity index (χ4n) is 2.54. The molecule has 0 aliphatic carbocycles. The number of aromatic amines is 1. The van der Waals surface area contributed by atoms with Crippen molar-refractivity contribution in [3.8, 4) is 21.7 Å². The monoisotopic (exact) mass is 379 g/mol. The molecule has 0 atom stereocenters. The van der Waals surface area contributed by atoms with E-state index in [0.29, 0.717) is 25.9 Å². The quantitative estimate of drug-likeness (QED) is 0.452. The summed E-state index contributed by atoms with van der Waals surface area (Å²) in [5.41, 5.74) is 1.60. The first-order valence-corrected chi connectivity index (χ1v) is 8.47. The van der Waals surface area contributed by atoms with Gasteiger partial charge in [-0.15, -0.1) is 5.10 Å². The van der Waals surface area contributed by atoms with Gasteiger partial charge in [-0.25, -0.2) is 8.78 Å². The van der Waals surface area contributed by atoms with Crippen molar-refractivity contribution >= 4 is 40.1 Å². The van der Waals surface area contributed by atoms with Crippen molar-refractivity contribution in [1.82, 2.24) is 14.6 Å². The van der Waals surface area contributed by atoms with Crippen molar-refractivity contribution in [3.63, 3.8) is 0 Å². The lowest BCUT2D eigenvalue weighted by Gasteiger charge is -2.08. The fraction of sp³-hybridized carbons (Fsp3) is 0. The van der Waals surface area contributed by atoms with E-state index in [4.69, 9.17) is 23.8 Å². The van der Waals surface area contributed by atoms with E-state index in [1.165, 1.54) is 29.5 Å². The zero-order valence-corrected chi connectivity index (χ0v) is 14.3. The molecule has 2 aromatic carbocycles. The molecule has 0 spiro atoms. The summed E-state index contributed by atoms with van der Waals surface area (Å²) >= 11 is 12.8. The molecule has 0 fully saturated rings. The van der Waals surface area contributed by atoms with Crippen LogP contribution in [0.4, 0.5) is 8.78 Å². The van der Waals surface area contributed by atoms with Gasteiger partial charge in [0.1, 0.15) is 11.6 Å². The highest BCUT2D eigenvalue weighted by Crippen LogP contribution is 2.43.